The fourth-order valence-electron chi connectivity index (χ4n) is 2.73. The maximum absolute atomic E-state index is 6.03. The minimum Gasteiger partial charge on any atom is -0.398 e. The van der Waals surface area contributed by atoms with Crippen molar-refractivity contribution in [3.8, 4) is 11.4 Å². The van der Waals surface area contributed by atoms with Crippen LogP contribution < -0.4 is 5.73 Å². The lowest BCUT2D eigenvalue weighted by Gasteiger charge is -2.14. The van der Waals surface area contributed by atoms with Crippen molar-refractivity contribution < 1.29 is 0 Å². The summed E-state index contributed by atoms with van der Waals surface area (Å²) in [5.74, 6) is 0.828. The van der Waals surface area contributed by atoms with Gasteiger partial charge < -0.3 is 5.73 Å². The predicted octanol–water partition coefficient (Wildman–Crippen LogP) is 2.73. The maximum atomic E-state index is 6.03. The minimum atomic E-state index is 0.411. The standard InChI is InChI=1S/C15H21N5/c1-4-15(5-6-15)9-20-14(17-18-19-20)12-8-13(16)11(3)7-10(12)2/h7-8H,4-6,9,16H2,1-3H3. The van der Waals surface area contributed by atoms with Crippen LogP contribution in [0, 0.1) is 19.3 Å². The van der Waals surface area contributed by atoms with Crippen LogP contribution in [-0.4, -0.2) is 20.2 Å². The lowest BCUT2D eigenvalue weighted by atomic mass is 10.0. The van der Waals surface area contributed by atoms with Crippen molar-refractivity contribution >= 4 is 5.69 Å². The SMILES string of the molecule is CCC1(Cn2nnnc2-c2cc(N)c(C)cc2C)CC1. The number of nitrogens with zero attached hydrogens (tertiary/aromatic N) is 4. The summed E-state index contributed by atoms with van der Waals surface area (Å²) in [5.41, 5.74) is 10.5. The number of aryl methyl sites for hydroxylation is 2. The van der Waals surface area contributed by atoms with Gasteiger partial charge >= 0.3 is 0 Å². The monoisotopic (exact) mass is 271 g/mol. The quantitative estimate of drug-likeness (QED) is 0.868. The Morgan fingerprint density at radius 3 is 2.65 bits per heavy atom. The molecule has 1 saturated carbocycles. The molecular weight excluding hydrogens is 250 g/mol. The predicted molar refractivity (Wildman–Crippen MR) is 79.1 cm³/mol. The molecule has 2 aromatic rings. The normalized spacial score (nSPS) is 16.4. The van der Waals surface area contributed by atoms with Gasteiger partial charge in [0, 0.05) is 11.3 Å². The van der Waals surface area contributed by atoms with E-state index in [1.54, 1.807) is 0 Å². The highest BCUT2D eigenvalue weighted by molar-refractivity contribution is 5.67. The van der Waals surface area contributed by atoms with Crippen molar-refractivity contribution in [3.05, 3.63) is 23.3 Å². The molecule has 2 N–H and O–H groups in total. The molecule has 0 unspecified atom stereocenters. The Bertz CT molecular complexity index is 640. The maximum Gasteiger partial charge on any atom is 0.182 e. The number of hydrogen-bond donors (Lipinski definition) is 1. The Labute approximate surface area is 119 Å². The molecule has 106 valence electrons. The Morgan fingerprint density at radius 2 is 2.00 bits per heavy atom. The molecule has 0 spiro atoms. The Kier molecular flexibility index (Phi) is 3.00. The zero-order valence-corrected chi connectivity index (χ0v) is 12.3. The number of nitrogens with two attached hydrogens (primary N) is 1. The van der Waals surface area contributed by atoms with Crippen LogP contribution in [0.15, 0.2) is 12.1 Å². The number of anilines is 1. The van der Waals surface area contributed by atoms with Crippen molar-refractivity contribution in [2.45, 2.75) is 46.6 Å². The van der Waals surface area contributed by atoms with Gasteiger partial charge in [0.05, 0.1) is 6.54 Å². The number of rotatable bonds is 4. The van der Waals surface area contributed by atoms with Gasteiger partial charge in [-0.25, -0.2) is 4.68 Å². The van der Waals surface area contributed by atoms with E-state index in [0.29, 0.717) is 5.41 Å². The van der Waals surface area contributed by atoms with E-state index in [-0.39, 0.29) is 0 Å². The molecule has 1 aromatic heterocycles. The number of tetrazole rings is 1. The van der Waals surface area contributed by atoms with Crippen LogP contribution in [-0.2, 0) is 6.54 Å². The van der Waals surface area contributed by atoms with E-state index in [1.165, 1.54) is 19.3 Å². The summed E-state index contributed by atoms with van der Waals surface area (Å²) in [6.45, 7) is 7.24. The van der Waals surface area contributed by atoms with Gasteiger partial charge in [0.2, 0.25) is 0 Å². The molecule has 0 bridgehead atoms. The smallest absolute Gasteiger partial charge is 0.182 e. The molecule has 20 heavy (non-hydrogen) atoms. The summed E-state index contributed by atoms with van der Waals surface area (Å²) in [4.78, 5) is 0. The summed E-state index contributed by atoms with van der Waals surface area (Å²) in [6, 6.07) is 4.08. The Balaban J connectivity index is 1.99. The molecule has 5 heteroatoms. The van der Waals surface area contributed by atoms with Crippen LogP contribution in [0.4, 0.5) is 5.69 Å². The van der Waals surface area contributed by atoms with E-state index in [9.17, 15) is 0 Å². The summed E-state index contributed by atoms with van der Waals surface area (Å²) in [7, 11) is 0. The largest absolute Gasteiger partial charge is 0.398 e. The van der Waals surface area contributed by atoms with Crippen LogP contribution in [0.1, 0.15) is 37.3 Å². The molecular formula is C15H21N5. The van der Waals surface area contributed by atoms with Crippen molar-refractivity contribution in [3.63, 3.8) is 0 Å². The molecule has 0 radical (unpaired) electrons. The molecule has 0 saturated heterocycles. The number of aromatic nitrogens is 4. The van der Waals surface area contributed by atoms with Gasteiger partial charge in [-0.15, -0.1) is 5.10 Å². The van der Waals surface area contributed by atoms with Crippen LogP contribution in [0.3, 0.4) is 0 Å². The van der Waals surface area contributed by atoms with Gasteiger partial charge in [-0.3, -0.25) is 0 Å². The highest BCUT2D eigenvalue weighted by Crippen LogP contribution is 2.50. The lowest BCUT2D eigenvalue weighted by Crippen LogP contribution is -2.13. The second kappa shape index (κ2) is 4.58. The highest BCUT2D eigenvalue weighted by Gasteiger charge is 2.41. The number of nitrogen functional groups attached to an aromatic ring is 1. The molecule has 1 aliphatic carbocycles. The third-order valence-corrected chi connectivity index (χ3v) is 4.58. The van der Waals surface area contributed by atoms with Gasteiger partial charge in [0.25, 0.3) is 0 Å². The second-order valence-electron chi connectivity index (χ2n) is 6.04. The summed E-state index contributed by atoms with van der Waals surface area (Å²) in [5, 5.41) is 12.2. The average molecular weight is 271 g/mol. The second-order valence-corrected chi connectivity index (χ2v) is 6.04. The van der Waals surface area contributed by atoms with Crippen molar-refractivity contribution in [2.24, 2.45) is 5.41 Å². The van der Waals surface area contributed by atoms with Crippen molar-refractivity contribution in [1.82, 2.24) is 20.2 Å². The summed E-state index contributed by atoms with van der Waals surface area (Å²) in [6.07, 6.45) is 3.73. The molecule has 0 aliphatic heterocycles. The zero-order chi connectivity index (χ0) is 14.3. The first-order valence-corrected chi connectivity index (χ1v) is 7.18. The van der Waals surface area contributed by atoms with E-state index in [0.717, 1.165) is 34.7 Å². The van der Waals surface area contributed by atoms with E-state index in [2.05, 4.69) is 35.4 Å². The third-order valence-electron chi connectivity index (χ3n) is 4.58. The van der Waals surface area contributed by atoms with Crippen LogP contribution in [0.2, 0.25) is 0 Å². The van der Waals surface area contributed by atoms with E-state index >= 15 is 0 Å². The number of benzene rings is 1. The summed E-state index contributed by atoms with van der Waals surface area (Å²) >= 11 is 0. The van der Waals surface area contributed by atoms with E-state index < -0.39 is 0 Å². The van der Waals surface area contributed by atoms with Gasteiger partial charge in [-0.2, -0.15) is 0 Å². The van der Waals surface area contributed by atoms with Crippen molar-refractivity contribution in [1.29, 1.82) is 0 Å². The minimum absolute atomic E-state index is 0.411. The van der Waals surface area contributed by atoms with Crippen molar-refractivity contribution in [2.75, 3.05) is 5.73 Å². The third kappa shape index (κ3) is 2.17. The Hall–Kier alpha value is -1.91. The first-order chi connectivity index (χ1) is 9.54. The zero-order valence-electron chi connectivity index (χ0n) is 12.3. The first kappa shape index (κ1) is 13.1. The fourth-order valence-corrected chi connectivity index (χ4v) is 2.73. The van der Waals surface area contributed by atoms with E-state index in [4.69, 9.17) is 5.73 Å². The van der Waals surface area contributed by atoms with Gasteiger partial charge in [0.1, 0.15) is 0 Å². The van der Waals surface area contributed by atoms with Gasteiger partial charge in [-0.05, 0) is 66.1 Å². The molecule has 1 aliphatic rings. The molecule has 0 atom stereocenters. The fraction of sp³-hybridized carbons (Fsp3) is 0.533. The van der Waals surface area contributed by atoms with Crippen LogP contribution in [0.5, 0.6) is 0 Å². The molecule has 1 heterocycles. The summed E-state index contributed by atoms with van der Waals surface area (Å²) < 4.78 is 1.94. The van der Waals surface area contributed by atoms with Gasteiger partial charge in [0.15, 0.2) is 5.82 Å². The highest BCUT2D eigenvalue weighted by atomic mass is 15.5. The number of hydrogen-bond acceptors (Lipinski definition) is 4. The molecule has 5 nitrogen and oxygen atoms in total. The van der Waals surface area contributed by atoms with Crippen LogP contribution >= 0.6 is 0 Å². The Morgan fingerprint density at radius 1 is 1.25 bits per heavy atom. The van der Waals surface area contributed by atoms with E-state index in [1.807, 2.05) is 17.7 Å². The topological polar surface area (TPSA) is 69.6 Å². The first-order valence-electron chi connectivity index (χ1n) is 7.18. The molecule has 0 amide bonds. The lowest BCUT2D eigenvalue weighted by molar-refractivity contribution is 0.382. The average Bonchev–Trinajstić information content (AvgIpc) is 3.05. The van der Waals surface area contributed by atoms with Crippen LogP contribution in [0.25, 0.3) is 11.4 Å². The van der Waals surface area contributed by atoms with Gasteiger partial charge in [-0.1, -0.05) is 13.0 Å². The molecule has 1 aromatic carbocycles. The molecule has 3 rings (SSSR count). The molecule has 1 fully saturated rings.